The number of H-pyrrole nitrogens is 1. The number of hydrogen-bond donors (Lipinski definition) is 4. The fraction of sp³-hybridized carbons (Fsp3) is 0.385. The molecule has 2 rings (SSSR count). The number of aliphatic hydroxyl groups is 1. The topological polar surface area (TPSA) is 176 Å². The molecule has 26 heavy (non-hydrogen) atoms. The number of aromatic amines is 1. The number of rotatable bonds is 7. The van der Waals surface area contributed by atoms with Crippen molar-refractivity contribution in [1.82, 2.24) is 9.66 Å². The Morgan fingerprint density at radius 2 is 2.04 bits per heavy atom. The highest BCUT2D eigenvalue weighted by Crippen LogP contribution is 2.28. The quantitative estimate of drug-likeness (QED) is 0.355. The minimum Gasteiger partial charge on any atom is -0.394 e. The summed E-state index contributed by atoms with van der Waals surface area (Å²) in [6.45, 7) is 1.46. The Morgan fingerprint density at radius 1 is 1.38 bits per heavy atom. The van der Waals surface area contributed by atoms with Gasteiger partial charge >= 0.3 is 5.69 Å². The molecule has 12 nitrogen and oxygen atoms in total. The summed E-state index contributed by atoms with van der Waals surface area (Å²) in [6, 6.07) is 1.63. The molecule has 1 atom stereocenters. The van der Waals surface area contributed by atoms with Crippen molar-refractivity contribution in [2.45, 2.75) is 19.4 Å². The van der Waals surface area contributed by atoms with Crippen LogP contribution in [0.5, 0.6) is 0 Å². The molecule has 0 aliphatic carbocycles. The van der Waals surface area contributed by atoms with E-state index in [-0.39, 0.29) is 27.9 Å². The molecule has 1 aromatic heterocycles. The second kappa shape index (κ2) is 7.13. The molecule has 0 amide bonds. The normalized spacial score (nSPS) is 12.7. The summed E-state index contributed by atoms with van der Waals surface area (Å²) < 4.78 is 22.9. The predicted octanol–water partition coefficient (Wildman–Crippen LogP) is -0.716. The summed E-state index contributed by atoms with van der Waals surface area (Å²) in [4.78, 5) is 39.0. The van der Waals surface area contributed by atoms with Crippen molar-refractivity contribution in [1.29, 1.82) is 0 Å². The van der Waals surface area contributed by atoms with Crippen LogP contribution in [0.4, 0.5) is 11.4 Å². The van der Waals surface area contributed by atoms with Crippen LogP contribution in [0.25, 0.3) is 10.9 Å². The highest BCUT2D eigenvalue weighted by atomic mass is 32.2. The third-order valence-electron chi connectivity index (χ3n) is 3.54. The van der Waals surface area contributed by atoms with Gasteiger partial charge in [0.25, 0.3) is 11.2 Å². The van der Waals surface area contributed by atoms with Crippen LogP contribution in [0.1, 0.15) is 13.3 Å². The Labute approximate surface area is 146 Å². The molecule has 4 N–H and O–H groups in total. The Bertz CT molecular complexity index is 1070. The molecule has 13 heteroatoms. The van der Waals surface area contributed by atoms with Crippen molar-refractivity contribution in [2.24, 2.45) is 0 Å². The van der Waals surface area contributed by atoms with E-state index in [4.69, 9.17) is 0 Å². The SMILES string of the molecule is CCC(CO)Nc1cc2c(=O)n(NS(C)(=O)=O)c(=O)[nH]c2cc1[N+](=O)[O-]. The largest absolute Gasteiger partial charge is 0.394 e. The number of aliphatic hydroxyl groups excluding tert-OH is 1. The first-order valence-electron chi connectivity index (χ1n) is 7.40. The van der Waals surface area contributed by atoms with Gasteiger partial charge < -0.3 is 15.4 Å². The van der Waals surface area contributed by atoms with Crippen molar-refractivity contribution in [3.63, 3.8) is 0 Å². The maximum absolute atomic E-state index is 12.5. The molecule has 0 fully saturated rings. The summed E-state index contributed by atoms with van der Waals surface area (Å²) in [5, 5.41) is 23.2. The number of nitro groups is 1. The first-order valence-corrected chi connectivity index (χ1v) is 9.29. The number of nitrogens with one attached hydrogen (secondary N) is 3. The molecule has 1 heterocycles. The van der Waals surface area contributed by atoms with Crippen molar-refractivity contribution >= 4 is 32.3 Å². The highest BCUT2D eigenvalue weighted by Gasteiger charge is 2.21. The molecule has 0 aliphatic heterocycles. The van der Waals surface area contributed by atoms with Gasteiger partial charge in [0, 0.05) is 12.1 Å². The summed E-state index contributed by atoms with van der Waals surface area (Å²) in [7, 11) is -3.91. The monoisotopic (exact) mass is 387 g/mol. The zero-order valence-electron chi connectivity index (χ0n) is 13.8. The molecule has 0 saturated heterocycles. The van der Waals surface area contributed by atoms with Gasteiger partial charge in [0.1, 0.15) is 5.69 Å². The number of aromatic nitrogens is 2. The Balaban J connectivity index is 2.76. The molecule has 2 aromatic rings. The molecule has 1 unspecified atom stereocenters. The van der Waals surface area contributed by atoms with Crippen LogP contribution in [-0.2, 0) is 10.0 Å². The second-order valence-corrected chi connectivity index (χ2v) is 7.27. The first-order chi connectivity index (χ1) is 12.1. The maximum atomic E-state index is 12.5. The number of sulfonamides is 1. The lowest BCUT2D eigenvalue weighted by atomic mass is 10.1. The zero-order valence-corrected chi connectivity index (χ0v) is 14.7. The lowest BCUT2D eigenvalue weighted by molar-refractivity contribution is -0.383. The summed E-state index contributed by atoms with van der Waals surface area (Å²) in [5.41, 5.74) is -2.67. The van der Waals surface area contributed by atoms with Crippen molar-refractivity contribution in [3.05, 3.63) is 43.1 Å². The number of benzene rings is 1. The van der Waals surface area contributed by atoms with Crippen LogP contribution >= 0.6 is 0 Å². The number of hydrogen-bond acceptors (Lipinski definition) is 8. The molecular weight excluding hydrogens is 370 g/mol. The summed E-state index contributed by atoms with van der Waals surface area (Å²) in [5.74, 6) is 0. The minimum absolute atomic E-state index is 0.0431. The van der Waals surface area contributed by atoms with E-state index in [0.29, 0.717) is 6.42 Å². The van der Waals surface area contributed by atoms with Crippen LogP contribution in [0.15, 0.2) is 21.7 Å². The van der Waals surface area contributed by atoms with Gasteiger partial charge in [-0.05, 0) is 12.5 Å². The molecule has 1 aromatic carbocycles. The molecule has 142 valence electrons. The standard InChI is InChI=1S/C13H17N5O7S/c1-3-7(6-19)14-10-4-8-9(5-11(10)18(22)23)15-13(21)17(12(8)20)16-26(2,24)25/h4-5,7,14,16,19H,3,6H2,1-2H3,(H,15,21). The van der Waals surface area contributed by atoms with E-state index >= 15 is 0 Å². The van der Waals surface area contributed by atoms with Gasteiger partial charge in [-0.25, -0.2) is 18.0 Å². The lowest BCUT2D eigenvalue weighted by Crippen LogP contribution is -2.43. The number of nitro benzene ring substituents is 1. The van der Waals surface area contributed by atoms with Gasteiger partial charge in [0.2, 0.25) is 10.0 Å². The van der Waals surface area contributed by atoms with E-state index in [0.717, 1.165) is 18.4 Å². The summed E-state index contributed by atoms with van der Waals surface area (Å²) >= 11 is 0. The maximum Gasteiger partial charge on any atom is 0.348 e. The van der Waals surface area contributed by atoms with Crippen molar-refractivity contribution in [3.8, 4) is 0 Å². The number of anilines is 1. The molecular formula is C13H17N5O7S. The van der Waals surface area contributed by atoms with E-state index in [1.165, 1.54) is 0 Å². The van der Waals surface area contributed by atoms with Crippen LogP contribution < -0.4 is 21.4 Å². The van der Waals surface area contributed by atoms with Gasteiger partial charge in [0.05, 0.1) is 28.7 Å². The van der Waals surface area contributed by atoms with Gasteiger partial charge in [-0.3, -0.25) is 14.9 Å². The van der Waals surface area contributed by atoms with Gasteiger partial charge in [-0.15, -0.1) is 0 Å². The second-order valence-electron chi connectivity index (χ2n) is 5.54. The zero-order chi connectivity index (χ0) is 19.6. The fourth-order valence-electron chi connectivity index (χ4n) is 2.26. The van der Waals surface area contributed by atoms with Crippen LogP contribution in [0.3, 0.4) is 0 Å². The van der Waals surface area contributed by atoms with Crippen LogP contribution in [0.2, 0.25) is 0 Å². The van der Waals surface area contributed by atoms with Crippen LogP contribution in [-0.4, -0.2) is 47.0 Å². The van der Waals surface area contributed by atoms with E-state index in [1.54, 1.807) is 11.8 Å². The third-order valence-corrected chi connectivity index (χ3v) is 4.05. The van der Waals surface area contributed by atoms with Gasteiger partial charge in [-0.2, -0.15) is 4.68 Å². The van der Waals surface area contributed by atoms with Crippen molar-refractivity contribution < 1.29 is 18.4 Å². The van der Waals surface area contributed by atoms with E-state index in [1.807, 2.05) is 0 Å². The average Bonchev–Trinajstić information content (AvgIpc) is 2.55. The molecule has 0 bridgehead atoms. The third kappa shape index (κ3) is 4.00. The van der Waals surface area contributed by atoms with Crippen molar-refractivity contribution in [2.75, 3.05) is 23.0 Å². The van der Waals surface area contributed by atoms with E-state index in [2.05, 4.69) is 10.3 Å². The molecule has 0 spiro atoms. The first kappa shape index (κ1) is 19.4. The molecule has 0 aliphatic rings. The Hall–Kier alpha value is -2.93. The van der Waals surface area contributed by atoms with Gasteiger partial charge in [-0.1, -0.05) is 6.92 Å². The Kier molecular flexibility index (Phi) is 5.32. The minimum atomic E-state index is -3.91. The van der Waals surface area contributed by atoms with E-state index in [9.17, 15) is 33.2 Å². The number of fused-ring (bicyclic) bond motifs is 1. The smallest absolute Gasteiger partial charge is 0.348 e. The van der Waals surface area contributed by atoms with Crippen LogP contribution in [0, 0.1) is 10.1 Å². The average molecular weight is 387 g/mol. The Morgan fingerprint density at radius 3 is 2.54 bits per heavy atom. The highest BCUT2D eigenvalue weighted by molar-refractivity contribution is 7.91. The van der Waals surface area contributed by atoms with E-state index < -0.39 is 37.9 Å². The van der Waals surface area contributed by atoms with Gasteiger partial charge in [0.15, 0.2) is 0 Å². The fourth-order valence-corrected chi connectivity index (χ4v) is 2.76. The number of nitrogens with zero attached hydrogens (tertiary/aromatic N) is 2. The summed E-state index contributed by atoms with van der Waals surface area (Å²) in [6.07, 6.45) is 1.22. The molecule has 0 radical (unpaired) electrons. The lowest BCUT2D eigenvalue weighted by Gasteiger charge is -2.16. The predicted molar refractivity (Wildman–Crippen MR) is 94.5 cm³/mol. The molecule has 0 saturated carbocycles.